The molecule has 1 fully saturated rings. The van der Waals surface area contributed by atoms with Gasteiger partial charge < -0.3 is 10.1 Å². The van der Waals surface area contributed by atoms with Gasteiger partial charge in [-0.2, -0.15) is 0 Å². The Balaban J connectivity index is 1.37. The van der Waals surface area contributed by atoms with Gasteiger partial charge in [-0.1, -0.05) is 35.4 Å². The number of likely N-dealkylation sites (tertiary alicyclic amines) is 1. The molecule has 2 aliphatic heterocycles. The van der Waals surface area contributed by atoms with Gasteiger partial charge in [-0.05, 0) is 64.9 Å². The zero-order valence-corrected chi connectivity index (χ0v) is 19.1. The Morgan fingerprint density at radius 2 is 1.97 bits per heavy atom. The first-order valence-corrected chi connectivity index (χ1v) is 11.3. The van der Waals surface area contributed by atoms with Crippen LogP contribution in [0.2, 0.25) is 5.02 Å². The minimum Gasteiger partial charge on any atom is -0.487 e. The van der Waals surface area contributed by atoms with Crippen LogP contribution in [0.15, 0.2) is 36.4 Å². The molecule has 0 saturated carbocycles. The Kier molecular flexibility index (Phi) is 6.27. The van der Waals surface area contributed by atoms with E-state index >= 15 is 0 Å². The molecule has 2 aromatic carbocycles. The minimum absolute atomic E-state index is 0.0227. The second kappa shape index (κ2) is 8.79. The molecule has 2 aliphatic rings. The maximum absolute atomic E-state index is 14.1. The summed E-state index contributed by atoms with van der Waals surface area (Å²) in [7, 11) is 0. The number of ether oxygens (including phenoxy) is 1. The number of aryl methyl sites for hydroxylation is 1. The zero-order valence-electron chi connectivity index (χ0n) is 18.4. The molecule has 2 aromatic rings. The number of hydrogen-bond donors (Lipinski definition) is 1. The number of nitrogens with one attached hydrogen (secondary N) is 1. The van der Waals surface area contributed by atoms with Gasteiger partial charge in [0.2, 0.25) is 5.91 Å². The number of fused-ring (bicyclic) bond motifs is 1. The summed E-state index contributed by atoms with van der Waals surface area (Å²) in [6, 6.07) is 10.9. The zero-order chi connectivity index (χ0) is 22.2. The van der Waals surface area contributed by atoms with Crippen LogP contribution in [0.25, 0.3) is 0 Å². The first kappa shape index (κ1) is 22.1. The van der Waals surface area contributed by atoms with Crippen LogP contribution in [-0.2, 0) is 11.3 Å². The summed E-state index contributed by atoms with van der Waals surface area (Å²) in [6.07, 6.45) is 2.28. The fraction of sp³-hybridized carbons (Fsp3) is 0.480. The van der Waals surface area contributed by atoms with Crippen LogP contribution in [0, 0.1) is 18.7 Å². The van der Waals surface area contributed by atoms with E-state index < -0.39 is 0 Å². The van der Waals surface area contributed by atoms with Crippen LogP contribution >= 0.6 is 11.6 Å². The second-order valence-corrected chi connectivity index (χ2v) is 9.89. The fourth-order valence-corrected chi connectivity index (χ4v) is 4.80. The molecule has 31 heavy (non-hydrogen) atoms. The number of hydrogen-bond acceptors (Lipinski definition) is 3. The van der Waals surface area contributed by atoms with Gasteiger partial charge in [-0.3, -0.25) is 9.69 Å². The Bertz CT molecular complexity index is 970. The lowest BCUT2D eigenvalue weighted by molar-refractivity contribution is -0.127. The molecule has 0 aliphatic carbocycles. The van der Waals surface area contributed by atoms with Gasteiger partial charge >= 0.3 is 0 Å². The van der Waals surface area contributed by atoms with E-state index in [0.717, 1.165) is 49.2 Å². The molecule has 0 aromatic heterocycles. The monoisotopic (exact) mass is 444 g/mol. The molecule has 0 unspecified atom stereocenters. The van der Waals surface area contributed by atoms with E-state index in [9.17, 15) is 9.18 Å². The minimum atomic E-state index is -0.327. The molecule has 1 N–H and O–H groups in total. The maximum Gasteiger partial charge on any atom is 0.223 e. The quantitative estimate of drug-likeness (QED) is 0.684. The molecular weight excluding hydrogens is 415 g/mol. The third-order valence-corrected chi connectivity index (χ3v) is 6.54. The third-order valence-electron chi connectivity index (χ3n) is 6.31. The number of carbonyl (C=O) groups is 1. The summed E-state index contributed by atoms with van der Waals surface area (Å²) in [5.74, 6) is 0.661. The summed E-state index contributed by atoms with van der Waals surface area (Å²) in [5.41, 5.74) is 2.53. The first-order chi connectivity index (χ1) is 14.7. The molecule has 6 heteroatoms. The van der Waals surface area contributed by atoms with Crippen LogP contribution in [-0.4, -0.2) is 29.5 Å². The van der Waals surface area contributed by atoms with Crippen molar-refractivity contribution in [3.8, 4) is 5.75 Å². The van der Waals surface area contributed by atoms with Gasteiger partial charge in [0.25, 0.3) is 0 Å². The van der Waals surface area contributed by atoms with Crippen LogP contribution in [0.1, 0.15) is 55.8 Å². The van der Waals surface area contributed by atoms with E-state index in [1.54, 1.807) is 12.1 Å². The highest BCUT2D eigenvalue weighted by molar-refractivity contribution is 6.30. The molecule has 0 radical (unpaired) electrons. The van der Waals surface area contributed by atoms with E-state index in [2.05, 4.69) is 37.1 Å². The largest absolute Gasteiger partial charge is 0.487 e. The van der Waals surface area contributed by atoms with Gasteiger partial charge in [-0.25, -0.2) is 4.39 Å². The van der Waals surface area contributed by atoms with Crippen LogP contribution in [0.5, 0.6) is 5.75 Å². The number of carbonyl (C=O) groups excluding carboxylic acids is 1. The van der Waals surface area contributed by atoms with Gasteiger partial charge in [-0.15, -0.1) is 0 Å². The van der Waals surface area contributed by atoms with E-state index in [-0.39, 0.29) is 29.3 Å². The molecule has 4 nitrogen and oxygen atoms in total. The van der Waals surface area contributed by atoms with E-state index in [0.29, 0.717) is 17.1 Å². The van der Waals surface area contributed by atoms with Crippen molar-refractivity contribution in [2.45, 2.75) is 58.2 Å². The van der Waals surface area contributed by atoms with Crippen molar-refractivity contribution in [2.75, 3.05) is 13.1 Å². The standard InChI is InChI=1S/C25H30ClFN2O2/c1-16-4-7-23-20(12-16)22(14-25(2,3)31-23)28-24(30)17-8-10-29(11-9-17)15-18-5-6-19(26)13-21(18)27/h4-7,12-13,17,22H,8-11,14-15H2,1-3H3,(H,28,30)/t22-/m1/s1. The predicted octanol–water partition coefficient (Wildman–Crippen LogP) is 5.42. The van der Waals surface area contributed by atoms with Crippen LogP contribution in [0.4, 0.5) is 4.39 Å². The van der Waals surface area contributed by atoms with E-state index in [1.165, 1.54) is 6.07 Å². The summed E-state index contributed by atoms with van der Waals surface area (Å²) in [4.78, 5) is 15.3. The molecule has 1 amide bonds. The van der Waals surface area contributed by atoms with Crippen molar-refractivity contribution in [1.82, 2.24) is 10.2 Å². The Labute approximate surface area is 188 Å². The van der Waals surface area contributed by atoms with Gasteiger partial charge in [0.15, 0.2) is 0 Å². The van der Waals surface area contributed by atoms with E-state index in [4.69, 9.17) is 16.3 Å². The van der Waals surface area contributed by atoms with Gasteiger partial charge in [0.1, 0.15) is 17.2 Å². The lowest BCUT2D eigenvalue weighted by atomic mass is 9.88. The molecule has 166 valence electrons. The van der Waals surface area contributed by atoms with Crippen molar-refractivity contribution in [2.24, 2.45) is 5.92 Å². The molecule has 4 rings (SSSR count). The Hall–Kier alpha value is -2.11. The lowest BCUT2D eigenvalue weighted by Gasteiger charge is -2.39. The summed E-state index contributed by atoms with van der Waals surface area (Å²) < 4.78 is 20.2. The highest BCUT2D eigenvalue weighted by Gasteiger charge is 2.36. The first-order valence-electron chi connectivity index (χ1n) is 11.0. The molecule has 0 spiro atoms. The van der Waals surface area contributed by atoms with Gasteiger partial charge in [0.05, 0.1) is 6.04 Å². The Morgan fingerprint density at radius 3 is 2.68 bits per heavy atom. The number of halogens is 2. The van der Waals surface area contributed by atoms with Crippen molar-refractivity contribution >= 4 is 17.5 Å². The van der Waals surface area contributed by atoms with Crippen molar-refractivity contribution in [1.29, 1.82) is 0 Å². The van der Waals surface area contributed by atoms with E-state index in [1.807, 2.05) is 12.1 Å². The predicted molar refractivity (Wildman–Crippen MR) is 121 cm³/mol. The smallest absolute Gasteiger partial charge is 0.223 e. The topological polar surface area (TPSA) is 41.6 Å². The number of piperidine rings is 1. The number of benzene rings is 2. The highest BCUT2D eigenvalue weighted by Crippen LogP contribution is 2.40. The molecule has 1 atom stereocenters. The molecular formula is C25H30ClFN2O2. The Morgan fingerprint density at radius 1 is 1.23 bits per heavy atom. The normalized spacial score (nSPS) is 21.3. The maximum atomic E-state index is 14.1. The van der Waals surface area contributed by atoms with Crippen molar-refractivity contribution in [3.63, 3.8) is 0 Å². The number of nitrogens with zero attached hydrogens (tertiary/aromatic N) is 1. The van der Waals surface area contributed by atoms with Crippen LogP contribution < -0.4 is 10.1 Å². The molecule has 0 bridgehead atoms. The number of amides is 1. The van der Waals surface area contributed by atoms with Crippen LogP contribution in [0.3, 0.4) is 0 Å². The molecule has 2 heterocycles. The highest BCUT2D eigenvalue weighted by atomic mass is 35.5. The van der Waals surface area contributed by atoms with Crippen molar-refractivity contribution in [3.05, 3.63) is 63.9 Å². The average Bonchev–Trinajstić information content (AvgIpc) is 2.70. The SMILES string of the molecule is Cc1ccc2c(c1)[C@H](NC(=O)C1CCN(Cc3ccc(Cl)cc3F)CC1)CC(C)(C)O2. The summed E-state index contributed by atoms with van der Waals surface area (Å²) >= 11 is 5.85. The number of rotatable bonds is 4. The van der Waals surface area contributed by atoms with Crippen molar-refractivity contribution < 1.29 is 13.9 Å². The third kappa shape index (κ3) is 5.21. The lowest BCUT2D eigenvalue weighted by Crippen LogP contribution is -2.45. The fourth-order valence-electron chi connectivity index (χ4n) is 4.64. The second-order valence-electron chi connectivity index (χ2n) is 9.45. The van der Waals surface area contributed by atoms with Gasteiger partial charge in [0, 0.05) is 35.0 Å². The summed E-state index contributed by atoms with van der Waals surface area (Å²) in [5, 5.41) is 3.70. The average molecular weight is 445 g/mol. The summed E-state index contributed by atoms with van der Waals surface area (Å²) in [6.45, 7) is 8.26. The molecule has 1 saturated heterocycles.